The van der Waals surface area contributed by atoms with Crippen LogP contribution in [-0.2, 0) is 13.0 Å². The van der Waals surface area contributed by atoms with Crippen LogP contribution in [0, 0.1) is 0 Å². The smallest absolute Gasteiger partial charge is 0.122 e. The lowest BCUT2D eigenvalue weighted by Crippen LogP contribution is -2.14. The molecular formula is C17H23NOS. The van der Waals surface area contributed by atoms with Crippen LogP contribution in [0.15, 0.2) is 36.4 Å². The Kier molecular flexibility index (Phi) is 5.62. The van der Waals surface area contributed by atoms with E-state index in [4.69, 9.17) is 4.74 Å². The summed E-state index contributed by atoms with van der Waals surface area (Å²) in [6.45, 7) is 5.03. The van der Waals surface area contributed by atoms with Crippen molar-refractivity contribution in [1.29, 1.82) is 0 Å². The molecule has 0 fully saturated rings. The molecule has 20 heavy (non-hydrogen) atoms. The summed E-state index contributed by atoms with van der Waals surface area (Å²) < 4.78 is 5.84. The van der Waals surface area contributed by atoms with Crippen molar-refractivity contribution in [3.05, 3.63) is 51.7 Å². The second kappa shape index (κ2) is 7.46. The first-order valence-electron chi connectivity index (χ1n) is 7.24. The van der Waals surface area contributed by atoms with Crippen LogP contribution in [0.2, 0.25) is 0 Å². The number of rotatable bonds is 7. The second-order valence-corrected chi connectivity index (χ2v) is 6.08. The zero-order chi connectivity index (χ0) is 14.4. The van der Waals surface area contributed by atoms with E-state index in [1.54, 1.807) is 0 Å². The van der Waals surface area contributed by atoms with Gasteiger partial charge in [0.05, 0.1) is 0 Å². The van der Waals surface area contributed by atoms with E-state index in [9.17, 15) is 0 Å². The molecule has 1 heterocycles. The molecule has 0 saturated heterocycles. The number of aryl methyl sites for hydroxylation is 1. The van der Waals surface area contributed by atoms with Crippen LogP contribution in [0.4, 0.5) is 0 Å². The van der Waals surface area contributed by atoms with Crippen molar-refractivity contribution in [2.75, 3.05) is 7.05 Å². The first-order chi connectivity index (χ1) is 9.76. The van der Waals surface area contributed by atoms with Crippen LogP contribution < -0.4 is 10.1 Å². The van der Waals surface area contributed by atoms with Gasteiger partial charge in [-0.1, -0.05) is 26.0 Å². The first kappa shape index (κ1) is 15.1. The Balaban J connectivity index is 1.93. The van der Waals surface area contributed by atoms with Gasteiger partial charge in [-0.2, -0.15) is 0 Å². The summed E-state index contributed by atoms with van der Waals surface area (Å²) in [6, 6.07) is 13.2. The fourth-order valence-electron chi connectivity index (χ4n) is 2.25. The molecule has 0 aliphatic rings. The molecule has 0 saturated carbocycles. The number of hydrogen-bond acceptors (Lipinski definition) is 3. The highest BCUT2D eigenvalue weighted by Gasteiger charge is 2.06. The normalized spacial score (nSPS) is 12.3. The number of hydrogen-bond donors (Lipinski definition) is 1. The van der Waals surface area contributed by atoms with E-state index in [1.807, 2.05) is 18.4 Å². The Morgan fingerprint density at radius 2 is 1.75 bits per heavy atom. The van der Waals surface area contributed by atoms with Crippen LogP contribution in [0.3, 0.4) is 0 Å². The molecule has 0 radical (unpaired) electrons. The SMILES string of the molecule is CCc1ccc(COc2ccc(C(CC)NC)cc2)s1. The monoisotopic (exact) mass is 289 g/mol. The minimum atomic E-state index is 0.424. The number of ether oxygens (including phenoxy) is 1. The number of nitrogens with one attached hydrogen (secondary N) is 1. The third-order valence-corrected chi connectivity index (χ3v) is 4.69. The summed E-state index contributed by atoms with van der Waals surface area (Å²) in [6.07, 6.45) is 2.19. The Morgan fingerprint density at radius 3 is 2.30 bits per heavy atom. The molecule has 2 aromatic rings. The molecule has 0 aliphatic carbocycles. The lowest BCUT2D eigenvalue weighted by atomic mass is 10.1. The van der Waals surface area contributed by atoms with Gasteiger partial charge in [-0.3, -0.25) is 0 Å². The van der Waals surface area contributed by atoms with Gasteiger partial charge in [-0.25, -0.2) is 0 Å². The summed E-state index contributed by atoms with van der Waals surface area (Å²) in [5.74, 6) is 0.936. The van der Waals surface area contributed by atoms with E-state index in [0.29, 0.717) is 12.6 Å². The van der Waals surface area contributed by atoms with Crippen molar-refractivity contribution in [3.63, 3.8) is 0 Å². The molecule has 0 spiro atoms. The molecule has 2 nitrogen and oxygen atoms in total. The van der Waals surface area contributed by atoms with Gasteiger partial charge in [-0.05, 0) is 49.7 Å². The molecule has 1 N–H and O–H groups in total. The van der Waals surface area contributed by atoms with Crippen LogP contribution >= 0.6 is 11.3 Å². The molecule has 0 aliphatic heterocycles. The Bertz CT molecular complexity index is 514. The van der Waals surface area contributed by atoms with E-state index >= 15 is 0 Å². The molecule has 1 unspecified atom stereocenters. The zero-order valence-electron chi connectivity index (χ0n) is 12.5. The van der Waals surface area contributed by atoms with Gasteiger partial charge in [0.1, 0.15) is 12.4 Å². The molecular weight excluding hydrogens is 266 g/mol. The maximum Gasteiger partial charge on any atom is 0.122 e. The number of thiophene rings is 1. The Labute approximate surface area is 125 Å². The fraction of sp³-hybridized carbons (Fsp3) is 0.412. The molecule has 108 valence electrons. The molecule has 0 bridgehead atoms. The Hall–Kier alpha value is -1.32. The second-order valence-electron chi connectivity index (χ2n) is 4.83. The molecule has 3 heteroatoms. The van der Waals surface area contributed by atoms with Gasteiger partial charge in [0.2, 0.25) is 0 Å². The van der Waals surface area contributed by atoms with Gasteiger partial charge in [0.15, 0.2) is 0 Å². The van der Waals surface area contributed by atoms with Crippen molar-refractivity contribution >= 4 is 11.3 Å². The van der Waals surface area contributed by atoms with E-state index in [0.717, 1.165) is 18.6 Å². The third kappa shape index (κ3) is 3.84. The predicted molar refractivity (Wildman–Crippen MR) is 86.6 cm³/mol. The lowest BCUT2D eigenvalue weighted by molar-refractivity contribution is 0.309. The summed E-state index contributed by atoms with van der Waals surface area (Å²) in [5.41, 5.74) is 1.31. The maximum atomic E-state index is 5.84. The summed E-state index contributed by atoms with van der Waals surface area (Å²) >= 11 is 1.83. The Morgan fingerprint density at radius 1 is 1.05 bits per heavy atom. The van der Waals surface area contributed by atoms with Crippen LogP contribution in [0.5, 0.6) is 5.75 Å². The van der Waals surface area contributed by atoms with Gasteiger partial charge in [0, 0.05) is 15.8 Å². The van der Waals surface area contributed by atoms with E-state index in [-0.39, 0.29) is 0 Å². The first-order valence-corrected chi connectivity index (χ1v) is 8.06. The minimum Gasteiger partial charge on any atom is -0.488 e. The van der Waals surface area contributed by atoms with Crippen LogP contribution in [-0.4, -0.2) is 7.05 Å². The highest BCUT2D eigenvalue weighted by molar-refractivity contribution is 7.11. The predicted octanol–water partition coefficient (Wildman–Crippen LogP) is 4.56. The quantitative estimate of drug-likeness (QED) is 0.806. The van der Waals surface area contributed by atoms with Gasteiger partial charge in [0.25, 0.3) is 0 Å². The van der Waals surface area contributed by atoms with Crippen molar-refractivity contribution in [3.8, 4) is 5.75 Å². The highest BCUT2D eigenvalue weighted by atomic mass is 32.1. The minimum absolute atomic E-state index is 0.424. The van der Waals surface area contributed by atoms with Crippen molar-refractivity contribution in [1.82, 2.24) is 5.32 Å². The lowest BCUT2D eigenvalue weighted by Gasteiger charge is -2.14. The number of benzene rings is 1. The van der Waals surface area contributed by atoms with E-state index < -0.39 is 0 Å². The largest absolute Gasteiger partial charge is 0.488 e. The maximum absolute atomic E-state index is 5.84. The fourth-order valence-corrected chi connectivity index (χ4v) is 3.12. The van der Waals surface area contributed by atoms with Gasteiger partial charge < -0.3 is 10.1 Å². The molecule has 1 aromatic carbocycles. The van der Waals surface area contributed by atoms with Crippen molar-refractivity contribution in [2.24, 2.45) is 0 Å². The topological polar surface area (TPSA) is 21.3 Å². The average Bonchev–Trinajstić information content (AvgIpc) is 2.96. The van der Waals surface area contributed by atoms with Crippen molar-refractivity contribution < 1.29 is 4.74 Å². The summed E-state index contributed by atoms with van der Waals surface area (Å²) in [4.78, 5) is 2.70. The molecule has 1 aromatic heterocycles. The van der Waals surface area contributed by atoms with Crippen molar-refractivity contribution in [2.45, 2.75) is 39.3 Å². The van der Waals surface area contributed by atoms with Crippen LogP contribution in [0.25, 0.3) is 0 Å². The average molecular weight is 289 g/mol. The highest BCUT2D eigenvalue weighted by Crippen LogP contribution is 2.22. The van der Waals surface area contributed by atoms with Gasteiger partial charge in [-0.15, -0.1) is 11.3 Å². The van der Waals surface area contributed by atoms with Crippen LogP contribution in [0.1, 0.15) is 41.6 Å². The summed E-state index contributed by atoms with van der Waals surface area (Å²) in [7, 11) is 2.00. The molecule has 0 amide bonds. The van der Waals surface area contributed by atoms with E-state index in [1.165, 1.54) is 15.3 Å². The van der Waals surface area contributed by atoms with Gasteiger partial charge >= 0.3 is 0 Å². The third-order valence-electron chi connectivity index (χ3n) is 3.49. The molecule has 2 rings (SSSR count). The standard InChI is InChI=1S/C17H23NOS/c1-4-15-10-11-16(20-15)12-19-14-8-6-13(7-9-14)17(5-2)18-3/h6-11,17-18H,4-5,12H2,1-3H3. The zero-order valence-corrected chi connectivity index (χ0v) is 13.3. The molecule has 1 atom stereocenters. The van der Waals surface area contributed by atoms with E-state index in [2.05, 4.69) is 55.6 Å². The summed E-state index contributed by atoms with van der Waals surface area (Å²) in [5, 5.41) is 3.32.